The Morgan fingerprint density at radius 2 is 2.17 bits per heavy atom. The van der Waals surface area contributed by atoms with Gasteiger partial charge in [0.2, 0.25) is 6.41 Å². The number of carbonyl (C=O) groups is 1. The maximum absolute atomic E-state index is 10.9. The molecule has 2 nitrogen and oxygen atoms in total. The first-order valence-corrected chi connectivity index (χ1v) is 7.37. The summed E-state index contributed by atoms with van der Waals surface area (Å²) in [5.74, 6) is 1.70. The van der Waals surface area contributed by atoms with Crippen molar-refractivity contribution in [1.82, 2.24) is 5.32 Å². The predicted molar refractivity (Wildman–Crippen MR) is 75.1 cm³/mol. The third kappa shape index (κ3) is 2.22. The molecule has 102 valence electrons. The number of hydrogen-bond acceptors (Lipinski definition) is 1. The van der Waals surface area contributed by atoms with Crippen LogP contribution in [0.3, 0.4) is 0 Å². The summed E-state index contributed by atoms with van der Waals surface area (Å²) in [4.78, 5) is 10.9. The molecule has 2 aliphatic carbocycles. The van der Waals surface area contributed by atoms with E-state index in [-0.39, 0.29) is 0 Å². The van der Waals surface area contributed by atoms with Crippen molar-refractivity contribution in [1.29, 1.82) is 0 Å². The van der Waals surface area contributed by atoms with Crippen LogP contribution in [0.1, 0.15) is 52.9 Å². The summed E-state index contributed by atoms with van der Waals surface area (Å²) in [5.41, 5.74) is 1.88. The SMILES string of the molecule is C=C1CCC[C@@]2(C)CC[C@H]([C@H](NC=O)C(C)C)[C@@H]12. The Balaban J connectivity index is 2.23. The van der Waals surface area contributed by atoms with Crippen LogP contribution < -0.4 is 5.32 Å². The summed E-state index contributed by atoms with van der Waals surface area (Å²) < 4.78 is 0. The van der Waals surface area contributed by atoms with Gasteiger partial charge in [-0.2, -0.15) is 0 Å². The van der Waals surface area contributed by atoms with Gasteiger partial charge in [0.1, 0.15) is 0 Å². The fourth-order valence-corrected chi connectivity index (χ4v) is 4.56. The number of carbonyl (C=O) groups excluding carboxylic acids is 1. The molecule has 2 aliphatic rings. The number of nitrogens with one attached hydrogen (secondary N) is 1. The van der Waals surface area contributed by atoms with E-state index in [4.69, 9.17) is 0 Å². The number of amides is 1. The molecule has 2 heteroatoms. The predicted octanol–water partition coefficient (Wildman–Crippen LogP) is 3.53. The number of allylic oxidation sites excluding steroid dienone is 1. The first kappa shape index (κ1) is 13.6. The molecule has 1 amide bonds. The van der Waals surface area contributed by atoms with Crippen molar-refractivity contribution in [3.63, 3.8) is 0 Å². The normalized spacial score (nSPS) is 37.4. The van der Waals surface area contributed by atoms with Crippen LogP contribution in [0.2, 0.25) is 0 Å². The lowest BCUT2D eigenvalue weighted by Gasteiger charge is -2.42. The zero-order chi connectivity index (χ0) is 13.3. The van der Waals surface area contributed by atoms with Gasteiger partial charge in [0.05, 0.1) is 0 Å². The molecule has 1 N–H and O–H groups in total. The van der Waals surface area contributed by atoms with Gasteiger partial charge in [-0.3, -0.25) is 4.79 Å². The zero-order valence-electron chi connectivity index (χ0n) is 12.0. The Labute approximate surface area is 111 Å². The minimum Gasteiger partial charge on any atom is -0.355 e. The minimum absolute atomic E-state index is 0.309. The van der Waals surface area contributed by atoms with Crippen molar-refractivity contribution >= 4 is 6.41 Å². The molecule has 2 fully saturated rings. The second-order valence-corrected chi connectivity index (χ2v) is 6.90. The van der Waals surface area contributed by atoms with Crippen molar-refractivity contribution in [2.75, 3.05) is 0 Å². The molecule has 0 bridgehead atoms. The van der Waals surface area contributed by atoms with E-state index < -0.39 is 0 Å². The highest BCUT2D eigenvalue weighted by molar-refractivity contribution is 5.47. The lowest BCUT2D eigenvalue weighted by atomic mass is 9.64. The topological polar surface area (TPSA) is 29.1 Å². The maximum Gasteiger partial charge on any atom is 0.207 e. The van der Waals surface area contributed by atoms with Crippen molar-refractivity contribution in [3.8, 4) is 0 Å². The van der Waals surface area contributed by atoms with Gasteiger partial charge in [-0.25, -0.2) is 0 Å². The highest BCUT2D eigenvalue weighted by Gasteiger charge is 2.50. The maximum atomic E-state index is 10.9. The molecular weight excluding hydrogens is 222 g/mol. The van der Waals surface area contributed by atoms with Gasteiger partial charge < -0.3 is 5.32 Å². The summed E-state index contributed by atoms with van der Waals surface area (Å²) in [6.45, 7) is 11.2. The van der Waals surface area contributed by atoms with Gasteiger partial charge in [0.15, 0.2) is 0 Å². The Bertz CT molecular complexity index is 336. The lowest BCUT2D eigenvalue weighted by molar-refractivity contribution is -0.111. The average molecular weight is 249 g/mol. The van der Waals surface area contributed by atoms with Gasteiger partial charge in [-0.05, 0) is 55.3 Å². The molecular formula is C16H27NO. The highest BCUT2D eigenvalue weighted by Crippen LogP contribution is 2.57. The third-order valence-electron chi connectivity index (χ3n) is 5.35. The summed E-state index contributed by atoms with van der Waals surface area (Å²) in [7, 11) is 0. The van der Waals surface area contributed by atoms with Gasteiger partial charge in [0.25, 0.3) is 0 Å². The summed E-state index contributed by atoms with van der Waals surface area (Å²) in [6.07, 6.45) is 7.23. The van der Waals surface area contributed by atoms with Crippen LogP contribution in [-0.4, -0.2) is 12.5 Å². The van der Waals surface area contributed by atoms with Gasteiger partial charge >= 0.3 is 0 Å². The van der Waals surface area contributed by atoms with Crippen LogP contribution in [0.4, 0.5) is 0 Å². The molecule has 4 atom stereocenters. The number of fused-ring (bicyclic) bond motifs is 1. The van der Waals surface area contributed by atoms with Crippen molar-refractivity contribution in [3.05, 3.63) is 12.2 Å². The molecule has 18 heavy (non-hydrogen) atoms. The third-order valence-corrected chi connectivity index (χ3v) is 5.35. The Kier molecular flexibility index (Phi) is 3.84. The monoisotopic (exact) mass is 249 g/mol. The smallest absolute Gasteiger partial charge is 0.207 e. The van der Waals surface area contributed by atoms with Gasteiger partial charge in [0, 0.05) is 6.04 Å². The standard InChI is InChI=1S/C16H27NO/c1-11(2)15(17-10-18)13-7-9-16(4)8-5-6-12(3)14(13)16/h10-11,13-15H,3,5-9H2,1-2,4H3,(H,17,18)/t13-,14+,15+,16-/m0/s1. The van der Waals surface area contributed by atoms with E-state index >= 15 is 0 Å². The molecule has 2 rings (SSSR count). The summed E-state index contributed by atoms with van der Waals surface area (Å²) in [6, 6.07) is 0.309. The minimum atomic E-state index is 0.309. The second-order valence-electron chi connectivity index (χ2n) is 6.90. The van der Waals surface area contributed by atoms with Crippen LogP contribution in [0.5, 0.6) is 0 Å². The molecule has 0 aromatic carbocycles. The van der Waals surface area contributed by atoms with Crippen LogP contribution in [0, 0.1) is 23.2 Å². The zero-order valence-corrected chi connectivity index (χ0v) is 12.0. The molecule has 0 aliphatic heterocycles. The van der Waals surface area contributed by atoms with Crippen LogP contribution in [-0.2, 0) is 4.79 Å². The first-order chi connectivity index (χ1) is 8.49. The fourth-order valence-electron chi connectivity index (χ4n) is 4.56. The largest absolute Gasteiger partial charge is 0.355 e. The van der Waals surface area contributed by atoms with E-state index in [2.05, 4.69) is 32.7 Å². The molecule has 0 saturated heterocycles. The Morgan fingerprint density at radius 1 is 1.44 bits per heavy atom. The van der Waals surface area contributed by atoms with Crippen LogP contribution >= 0.6 is 0 Å². The fraction of sp³-hybridized carbons (Fsp3) is 0.812. The van der Waals surface area contributed by atoms with Crippen molar-refractivity contribution in [2.24, 2.45) is 23.2 Å². The van der Waals surface area contributed by atoms with Gasteiger partial charge in [-0.15, -0.1) is 0 Å². The molecule has 0 unspecified atom stereocenters. The highest BCUT2D eigenvalue weighted by atomic mass is 16.1. The van der Waals surface area contributed by atoms with E-state index in [1.807, 2.05) is 0 Å². The van der Waals surface area contributed by atoms with E-state index in [1.54, 1.807) is 0 Å². The van der Waals surface area contributed by atoms with Crippen molar-refractivity contribution in [2.45, 2.75) is 58.9 Å². The molecule has 0 heterocycles. The first-order valence-electron chi connectivity index (χ1n) is 7.37. The van der Waals surface area contributed by atoms with E-state index in [0.29, 0.717) is 29.2 Å². The lowest BCUT2D eigenvalue weighted by Crippen LogP contribution is -2.44. The van der Waals surface area contributed by atoms with Crippen LogP contribution in [0.15, 0.2) is 12.2 Å². The van der Waals surface area contributed by atoms with E-state index in [1.165, 1.54) is 37.7 Å². The average Bonchev–Trinajstić information content (AvgIpc) is 2.64. The molecule has 0 radical (unpaired) electrons. The molecule has 0 aromatic heterocycles. The summed E-state index contributed by atoms with van der Waals surface area (Å²) >= 11 is 0. The Morgan fingerprint density at radius 3 is 2.78 bits per heavy atom. The van der Waals surface area contributed by atoms with E-state index in [0.717, 1.165) is 6.41 Å². The quantitative estimate of drug-likeness (QED) is 0.599. The summed E-state index contributed by atoms with van der Waals surface area (Å²) in [5, 5.41) is 3.07. The molecule has 2 saturated carbocycles. The second kappa shape index (κ2) is 5.07. The molecule has 0 aromatic rings. The number of hydrogen-bond donors (Lipinski definition) is 1. The Hall–Kier alpha value is -0.790. The van der Waals surface area contributed by atoms with E-state index in [9.17, 15) is 4.79 Å². The van der Waals surface area contributed by atoms with Gasteiger partial charge in [-0.1, -0.05) is 32.9 Å². The number of rotatable bonds is 4. The van der Waals surface area contributed by atoms with Crippen molar-refractivity contribution < 1.29 is 4.79 Å². The van der Waals surface area contributed by atoms with Crippen LogP contribution in [0.25, 0.3) is 0 Å². The molecule has 0 spiro atoms.